The summed E-state index contributed by atoms with van der Waals surface area (Å²) in [4.78, 5) is 29.8. The third kappa shape index (κ3) is 4.76. The Morgan fingerprint density at radius 1 is 0.938 bits per heavy atom. The number of carbonyl (C=O) groups is 1. The molecule has 2 aromatic carbocycles. The molecule has 0 aliphatic rings. The first-order chi connectivity index (χ1) is 15.2. The highest BCUT2D eigenvalue weighted by molar-refractivity contribution is 7.89. The predicted octanol–water partition coefficient (Wildman–Crippen LogP) is 3.39. The molecule has 1 N–H and O–H groups in total. The van der Waals surface area contributed by atoms with E-state index in [0.29, 0.717) is 30.5 Å². The largest absolute Gasteiger partial charge is 0.337 e. The summed E-state index contributed by atoms with van der Waals surface area (Å²) in [7, 11) is -2.04. The Labute approximate surface area is 188 Å². The van der Waals surface area contributed by atoms with Crippen molar-refractivity contribution in [3.05, 3.63) is 75.6 Å². The number of amides is 1. The maximum atomic E-state index is 13.3. The summed E-state index contributed by atoms with van der Waals surface area (Å²) < 4.78 is 27.3. The third-order valence-electron chi connectivity index (χ3n) is 5.59. The summed E-state index contributed by atoms with van der Waals surface area (Å²) in [5.74, 6) is -0.349. The lowest BCUT2D eigenvalue weighted by Gasteiger charge is -2.20. The second kappa shape index (κ2) is 9.67. The second-order valence-electron chi connectivity index (χ2n) is 7.68. The van der Waals surface area contributed by atoms with Crippen LogP contribution >= 0.6 is 0 Å². The number of sulfonamides is 1. The van der Waals surface area contributed by atoms with Crippen molar-refractivity contribution in [1.82, 2.24) is 14.2 Å². The summed E-state index contributed by atoms with van der Waals surface area (Å²) >= 11 is 0. The number of fused-ring (bicyclic) bond motifs is 1. The molecule has 1 heterocycles. The lowest BCUT2D eigenvalue weighted by Crippen LogP contribution is -2.30. The van der Waals surface area contributed by atoms with Gasteiger partial charge < -0.3 is 9.88 Å². The summed E-state index contributed by atoms with van der Waals surface area (Å²) in [6.45, 7) is 6.68. The van der Waals surface area contributed by atoms with Crippen molar-refractivity contribution < 1.29 is 13.2 Å². The van der Waals surface area contributed by atoms with Crippen molar-refractivity contribution in [2.24, 2.45) is 0 Å². The zero-order valence-corrected chi connectivity index (χ0v) is 19.7. The van der Waals surface area contributed by atoms with E-state index in [1.165, 1.54) is 39.0 Å². The molecule has 7 nitrogen and oxygen atoms in total. The van der Waals surface area contributed by atoms with Gasteiger partial charge in [-0.15, -0.1) is 0 Å². The van der Waals surface area contributed by atoms with Crippen LogP contribution in [0.15, 0.2) is 58.2 Å². The highest BCUT2D eigenvalue weighted by Crippen LogP contribution is 2.24. The van der Waals surface area contributed by atoms with Crippen molar-refractivity contribution >= 4 is 26.8 Å². The molecule has 0 atom stereocenters. The number of nitrogens with one attached hydrogen (secondary N) is 1. The molecule has 3 aromatic rings. The Balaban J connectivity index is 2.02. The number of aromatic amines is 1. The molecule has 1 aromatic heterocycles. The molecule has 0 fully saturated rings. The molecule has 0 aliphatic heterocycles. The molecule has 1 amide bonds. The molecule has 0 aliphatic carbocycles. The minimum Gasteiger partial charge on any atom is -0.337 e. The fourth-order valence-corrected chi connectivity index (χ4v) is 5.20. The summed E-state index contributed by atoms with van der Waals surface area (Å²) in [6.07, 6.45) is 0.937. The van der Waals surface area contributed by atoms with Gasteiger partial charge >= 0.3 is 0 Å². The average molecular weight is 456 g/mol. The molecule has 0 spiro atoms. The molecule has 0 saturated carbocycles. The van der Waals surface area contributed by atoms with Crippen LogP contribution in [0.2, 0.25) is 0 Å². The zero-order valence-electron chi connectivity index (χ0n) is 18.9. The fourth-order valence-electron chi connectivity index (χ4n) is 3.71. The van der Waals surface area contributed by atoms with Crippen LogP contribution in [0.4, 0.5) is 0 Å². The van der Waals surface area contributed by atoms with Gasteiger partial charge in [-0.1, -0.05) is 45.0 Å². The number of pyridine rings is 1. The SMILES string of the molecule is CCc1ccc(CN(C)C(=O)c2cc(=O)[nH]c3ccc(S(=O)(=O)N(CC)CC)cc23)cc1. The summed E-state index contributed by atoms with van der Waals surface area (Å²) in [6, 6.07) is 13.7. The van der Waals surface area contributed by atoms with Crippen molar-refractivity contribution in [3.63, 3.8) is 0 Å². The Kier molecular flexibility index (Phi) is 7.16. The van der Waals surface area contributed by atoms with Gasteiger partial charge in [0.05, 0.1) is 10.5 Å². The molecule has 0 unspecified atom stereocenters. The Bertz CT molecular complexity index is 1280. The van der Waals surface area contributed by atoms with E-state index in [1.807, 2.05) is 24.3 Å². The number of carbonyl (C=O) groups excluding carboxylic acids is 1. The van der Waals surface area contributed by atoms with Gasteiger partial charge in [0, 0.05) is 43.7 Å². The third-order valence-corrected chi connectivity index (χ3v) is 7.63. The van der Waals surface area contributed by atoms with Crippen LogP contribution in [0, 0.1) is 0 Å². The van der Waals surface area contributed by atoms with Crippen LogP contribution in [-0.4, -0.2) is 48.7 Å². The van der Waals surface area contributed by atoms with E-state index in [9.17, 15) is 18.0 Å². The second-order valence-corrected chi connectivity index (χ2v) is 9.61. The van der Waals surface area contributed by atoms with E-state index in [1.54, 1.807) is 20.9 Å². The van der Waals surface area contributed by atoms with Crippen LogP contribution < -0.4 is 5.56 Å². The van der Waals surface area contributed by atoms with Crippen LogP contribution in [0.25, 0.3) is 10.9 Å². The first kappa shape index (κ1) is 23.7. The molecule has 3 rings (SSSR count). The smallest absolute Gasteiger partial charge is 0.254 e. The topological polar surface area (TPSA) is 90.5 Å². The van der Waals surface area contributed by atoms with Crippen molar-refractivity contribution in [1.29, 1.82) is 0 Å². The van der Waals surface area contributed by atoms with Crippen LogP contribution in [-0.2, 0) is 23.0 Å². The number of hydrogen-bond donors (Lipinski definition) is 1. The normalized spacial score (nSPS) is 11.8. The number of nitrogens with zero attached hydrogens (tertiary/aromatic N) is 2. The van der Waals surface area contributed by atoms with Gasteiger partial charge in [-0.05, 0) is 35.7 Å². The van der Waals surface area contributed by atoms with Gasteiger partial charge in [-0.2, -0.15) is 4.31 Å². The average Bonchev–Trinajstić information content (AvgIpc) is 2.78. The first-order valence-electron chi connectivity index (χ1n) is 10.7. The predicted molar refractivity (Wildman–Crippen MR) is 126 cm³/mol. The number of benzene rings is 2. The van der Waals surface area contributed by atoms with Crippen molar-refractivity contribution in [3.8, 4) is 0 Å². The molecule has 0 bridgehead atoms. The highest BCUT2D eigenvalue weighted by Gasteiger charge is 2.24. The van der Waals surface area contributed by atoms with Crippen molar-refractivity contribution in [2.45, 2.75) is 38.6 Å². The molecular weight excluding hydrogens is 426 g/mol. The van der Waals surface area contributed by atoms with Gasteiger partial charge in [0.25, 0.3) is 5.91 Å². The summed E-state index contributed by atoms with van der Waals surface area (Å²) in [5.41, 5.74) is 2.36. The number of aromatic nitrogens is 1. The van der Waals surface area contributed by atoms with Crippen LogP contribution in [0.1, 0.15) is 42.3 Å². The van der Waals surface area contributed by atoms with Crippen LogP contribution in [0.5, 0.6) is 0 Å². The number of hydrogen-bond acceptors (Lipinski definition) is 4. The Hall–Kier alpha value is -2.97. The van der Waals surface area contributed by atoms with Crippen molar-refractivity contribution in [2.75, 3.05) is 20.1 Å². The van der Waals surface area contributed by atoms with Gasteiger partial charge in [-0.25, -0.2) is 8.42 Å². The molecule has 32 heavy (non-hydrogen) atoms. The molecule has 170 valence electrons. The number of rotatable bonds is 8. The van der Waals surface area contributed by atoms with Crippen LogP contribution in [0.3, 0.4) is 0 Å². The fraction of sp³-hybridized carbons (Fsp3) is 0.333. The highest BCUT2D eigenvalue weighted by atomic mass is 32.2. The number of H-pyrrole nitrogens is 1. The minimum atomic E-state index is -3.70. The van der Waals surface area contributed by atoms with E-state index >= 15 is 0 Å². The van der Waals surface area contributed by atoms with Gasteiger partial charge in [0.2, 0.25) is 15.6 Å². The molecule has 0 saturated heterocycles. The lowest BCUT2D eigenvalue weighted by molar-refractivity contribution is 0.0787. The maximum absolute atomic E-state index is 13.3. The van der Waals surface area contributed by atoms with E-state index in [4.69, 9.17) is 0 Å². The van der Waals surface area contributed by atoms with E-state index in [2.05, 4.69) is 11.9 Å². The van der Waals surface area contributed by atoms with Gasteiger partial charge in [-0.3, -0.25) is 9.59 Å². The zero-order chi connectivity index (χ0) is 23.5. The maximum Gasteiger partial charge on any atom is 0.254 e. The van der Waals surface area contributed by atoms with E-state index in [-0.39, 0.29) is 16.4 Å². The monoisotopic (exact) mass is 455 g/mol. The standard InChI is InChI=1S/C24H29N3O4S/c1-5-17-8-10-18(11-9-17)16-26(4)24(29)21-15-23(28)25-22-13-12-19(14-20(21)22)32(30,31)27(6-2)7-3/h8-15H,5-7,16H2,1-4H3,(H,25,28). The molecular formula is C24H29N3O4S. The summed E-state index contributed by atoms with van der Waals surface area (Å²) in [5, 5.41) is 0.399. The van der Waals surface area contributed by atoms with E-state index in [0.717, 1.165) is 12.0 Å². The van der Waals surface area contributed by atoms with E-state index < -0.39 is 15.6 Å². The number of aryl methyl sites for hydroxylation is 1. The quantitative estimate of drug-likeness (QED) is 0.564. The molecule has 8 heteroatoms. The Morgan fingerprint density at radius 2 is 1.56 bits per heavy atom. The first-order valence-corrected chi connectivity index (χ1v) is 12.2. The minimum absolute atomic E-state index is 0.0904. The van der Waals surface area contributed by atoms with Gasteiger partial charge in [0.1, 0.15) is 0 Å². The lowest BCUT2D eigenvalue weighted by atomic mass is 10.1. The Morgan fingerprint density at radius 3 is 2.16 bits per heavy atom. The molecule has 0 radical (unpaired) electrons. The van der Waals surface area contributed by atoms with Gasteiger partial charge in [0.15, 0.2) is 0 Å².